The number of benzene rings is 2. The standard InChI is InChI=1S/C17H11F2N3OS2/c1-2-22-14-10(19)7-9(18)8-13(14)25-17(22)21-15(23)16-20-11-5-3-4-6-12(11)24-16/h3-8H,2H2,1H3. The Kier molecular flexibility index (Phi) is 3.93. The summed E-state index contributed by atoms with van der Waals surface area (Å²) in [5.74, 6) is -1.81. The van der Waals surface area contributed by atoms with Gasteiger partial charge in [-0.25, -0.2) is 13.8 Å². The fourth-order valence-corrected chi connectivity index (χ4v) is 4.59. The van der Waals surface area contributed by atoms with Gasteiger partial charge in [-0.1, -0.05) is 23.5 Å². The number of hydrogen-bond acceptors (Lipinski definition) is 4. The first-order chi connectivity index (χ1) is 12.1. The molecule has 4 nitrogen and oxygen atoms in total. The Bertz CT molecular complexity index is 1160. The van der Waals surface area contributed by atoms with Gasteiger partial charge in [0.25, 0.3) is 0 Å². The largest absolute Gasteiger partial charge is 0.314 e. The van der Waals surface area contributed by atoms with Crippen molar-refractivity contribution in [2.75, 3.05) is 0 Å². The smallest absolute Gasteiger partial charge is 0.308 e. The molecule has 0 unspecified atom stereocenters. The van der Waals surface area contributed by atoms with Gasteiger partial charge >= 0.3 is 5.91 Å². The van der Waals surface area contributed by atoms with E-state index >= 15 is 0 Å². The van der Waals surface area contributed by atoms with E-state index < -0.39 is 17.5 Å². The predicted molar refractivity (Wildman–Crippen MR) is 94.9 cm³/mol. The molecule has 4 aromatic rings. The Labute approximate surface area is 148 Å². The number of carbonyl (C=O) groups excluding carboxylic acids is 1. The Morgan fingerprint density at radius 3 is 2.76 bits per heavy atom. The maximum atomic E-state index is 14.1. The second kappa shape index (κ2) is 6.12. The van der Waals surface area contributed by atoms with Crippen molar-refractivity contribution in [3.05, 3.63) is 57.8 Å². The molecule has 8 heteroatoms. The van der Waals surface area contributed by atoms with Crippen molar-refractivity contribution in [2.24, 2.45) is 4.99 Å². The number of fused-ring (bicyclic) bond motifs is 2. The second-order valence-corrected chi connectivity index (χ2v) is 7.31. The molecule has 0 bridgehead atoms. The normalized spacial score (nSPS) is 12.4. The van der Waals surface area contributed by atoms with Crippen LogP contribution in [0.4, 0.5) is 8.78 Å². The van der Waals surface area contributed by atoms with Crippen LogP contribution >= 0.6 is 22.7 Å². The zero-order chi connectivity index (χ0) is 17.6. The van der Waals surface area contributed by atoms with E-state index in [1.807, 2.05) is 31.2 Å². The highest BCUT2D eigenvalue weighted by molar-refractivity contribution is 7.20. The molecule has 1 amide bonds. The van der Waals surface area contributed by atoms with Crippen LogP contribution in [0, 0.1) is 11.6 Å². The van der Waals surface area contributed by atoms with E-state index in [0.29, 0.717) is 16.0 Å². The van der Waals surface area contributed by atoms with Gasteiger partial charge in [-0.2, -0.15) is 4.99 Å². The number of amides is 1. The van der Waals surface area contributed by atoms with Gasteiger partial charge in [0.15, 0.2) is 15.6 Å². The average Bonchev–Trinajstić information content (AvgIpc) is 3.15. The molecule has 0 fully saturated rings. The number of carbonyl (C=O) groups is 1. The highest BCUT2D eigenvalue weighted by atomic mass is 32.1. The molecule has 0 atom stereocenters. The summed E-state index contributed by atoms with van der Waals surface area (Å²) in [5.41, 5.74) is 0.989. The number of rotatable bonds is 2. The van der Waals surface area contributed by atoms with Gasteiger partial charge in [0.05, 0.1) is 20.4 Å². The molecule has 126 valence electrons. The van der Waals surface area contributed by atoms with E-state index in [1.54, 1.807) is 4.57 Å². The Morgan fingerprint density at radius 1 is 1.20 bits per heavy atom. The van der Waals surface area contributed by atoms with E-state index in [9.17, 15) is 13.6 Å². The molecule has 0 aliphatic rings. The molecule has 2 heterocycles. The highest BCUT2D eigenvalue weighted by Crippen LogP contribution is 2.24. The molecule has 0 saturated heterocycles. The minimum Gasteiger partial charge on any atom is -0.314 e. The quantitative estimate of drug-likeness (QED) is 0.523. The van der Waals surface area contributed by atoms with Gasteiger partial charge in [-0.05, 0) is 25.1 Å². The molecule has 25 heavy (non-hydrogen) atoms. The first kappa shape index (κ1) is 16.0. The lowest BCUT2D eigenvalue weighted by atomic mass is 10.3. The van der Waals surface area contributed by atoms with Crippen molar-refractivity contribution in [2.45, 2.75) is 13.5 Å². The van der Waals surface area contributed by atoms with Gasteiger partial charge in [0.1, 0.15) is 5.82 Å². The van der Waals surface area contributed by atoms with Crippen molar-refractivity contribution < 1.29 is 13.6 Å². The molecule has 0 radical (unpaired) electrons. The third-order valence-electron chi connectivity index (χ3n) is 3.69. The van der Waals surface area contributed by atoms with Crippen LogP contribution in [-0.2, 0) is 6.54 Å². The van der Waals surface area contributed by atoms with E-state index in [-0.39, 0.29) is 10.5 Å². The molecular formula is C17H11F2N3OS2. The molecule has 4 rings (SSSR count). The molecule has 0 N–H and O–H groups in total. The minimum absolute atomic E-state index is 0.254. The second-order valence-electron chi connectivity index (χ2n) is 5.27. The lowest BCUT2D eigenvalue weighted by molar-refractivity contribution is 0.0997. The van der Waals surface area contributed by atoms with Crippen LogP contribution in [0.15, 0.2) is 41.4 Å². The van der Waals surface area contributed by atoms with Crippen LogP contribution < -0.4 is 4.80 Å². The van der Waals surface area contributed by atoms with E-state index in [2.05, 4.69) is 9.98 Å². The zero-order valence-electron chi connectivity index (χ0n) is 13.0. The van der Waals surface area contributed by atoms with E-state index in [4.69, 9.17) is 0 Å². The van der Waals surface area contributed by atoms with Crippen LogP contribution in [-0.4, -0.2) is 15.5 Å². The van der Waals surface area contributed by atoms with Crippen LogP contribution in [0.2, 0.25) is 0 Å². The maximum absolute atomic E-state index is 14.1. The molecule has 2 aromatic carbocycles. The summed E-state index contributed by atoms with van der Waals surface area (Å²) < 4.78 is 30.4. The van der Waals surface area contributed by atoms with Crippen LogP contribution in [0.5, 0.6) is 0 Å². The van der Waals surface area contributed by atoms with Crippen LogP contribution in [0.25, 0.3) is 20.4 Å². The van der Waals surface area contributed by atoms with Gasteiger partial charge in [0, 0.05) is 12.6 Å². The van der Waals surface area contributed by atoms with Gasteiger partial charge in [-0.15, -0.1) is 11.3 Å². The molecule has 0 saturated carbocycles. The number of para-hydroxylation sites is 1. The summed E-state index contributed by atoms with van der Waals surface area (Å²) in [6, 6.07) is 9.51. The molecule has 0 spiro atoms. The van der Waals surface area contributed by atoms with Crippen LogP contribution in [0.1, 0.15) is 16.7 Å². The number of aryl methyl sites for hydroxylation is 1. The Morgan fingerprint density at radius 2 is 2.00 bits per heavy atom. The zero-order valence-corrected chi connectivity index (χ0v) is 14.6. The number of thiazole rings is 2. The van der Waals surface area contributed by atoms with Gasteiger partial charge in [0.2, 0.25) is 0 Å². The first-order valence-corrected chi connectivity index (χ1v) is 9.13. The van der Waals surface area contributed by atoms with Crippen molar-refractivity contribution in [1.29, 1.82) is 0 Å². The fourth-order valence-electron chi connectivity index (χ4n) is 2.61. The summed E-state index contributed by atoms with van der Waals surface area (Å²) in [4.78, 5) is 21.2. The SMILES string of the molecule is CCn1c(=NC(=O)c2nc3ccccc3s2)sc2cc(F)cc(F)c21. The number of nitrogens with zero attached hydrogens (tertiary/aromatic N) is 3. The number of halogens is 2. The number of aromatic nitrogens is 2. The maximum Gasteiger partial charge on any atom is 0.308 e. The monoisotopic (exact) mass is 375 g/mol. The van der Waals surface area contributed by atoms with E-state index in [0.717, 1.165) is 27.6 Å². The highest BCUT2D eigenvalue weighted by Gasteiger charge is 2.15. The number of hydrogen-bond donors (Lipinski definition) is 0. The minimum atomic E-state index is -0.665. The molecule has 0 aliphatic heterocycles. The lowest BCUT2D eigenvalue weighted by Crippen LogP contribution is -2.16. The molecular weight excluding hydrogens is 364 g/mol. The van der Waals surface area contributed by atoms with Gasteiger partial charge in [-0.3, -0.25) is 4.79 Å². The summed E-state index contributed by atoms with van der Waals surface area (Å²) in [5, 5.41) is 0.271. The lowest BCUT2D eigenvalue weighted by Gasteiger charge is -2.01. The summed E-state index contributed by atoms with van der Waals surface area (Å²) in [7, 11) is 0. The average molecular weight is 375 g/mol. The summed E-state index contributed by atoms with van der Waals surface area (Å²) >= 11 is 2.34. The summed E-state index contributed by atoms with van der Waals surface area (Å²) in [6.07, 6.45) is 0. The predicted octanol–water partition coefficient (Wildman–Crippen LogP) is 4.35. The first-order valence-electron chi connectivity index (χ1n) is 7.50. The van der Waals surface area contributed by atoms with Crippen LogP contribution in [0.3, 0.4) is 0 Å². The van der Waals surface area contributed by atoms with Crippen molar-refractivity contribution >= 4 is 49.0 Å². The van der Waals surface area contributed by atoms with E-state index in [1.165, 1.54) is 17.4 Å². The molecule has 0 aliphatic carbocycles. The Hall–Kier alpha value is -2.45. The van der Waals surface area contributed by atoms with Crippen molar-refractivity contribution in [3.63, 3.8) is 0 Å². The van der Waals surface area contributed by atoms with Crippen molar-refractivity contribution in [1.82, 2.24) is 9.55 Å². The Balaban J connectivity index is 1.88. The fraction of sp³-hybridized carbons (Fsp3) is 0.118. The molecule has 2 aromatic heterocycles. The topological polar surface area (TPSA) is 47.2 Å². The van der Waals surface area contributed by atoms with Crippen molar-refractivity contribution in [3.8, 4) is 0 Å². The third kappa shape index (κ3) is 2.77. The van der Waals surface area contributed by atoms with Gasteiger partial charge < -0.3 is 4.57 Å². The summed E-state index contributed by atoms with van der Waals surface area (Å²) in [6.45, 7) is 2.23. The third-order valence-corrected chi connectivity index (χ3v) is 5.74.